The highest BCUT2D eigenvalue weighted by molar-refractivity contribution is 5.93. The molecule has 3 N–H and O–H groups in total. The molecule has 3 atom stereocenters. The predicted octanol–water partition coefficient (Wildman–Crippen LogP) is 4.14. The van der Waals surface area contributed by atoms with Crippen LogP contribution in [0.4, 0.5) is 0 Å². The quantitative estimate of drug-likeness (QED) is 0.887. The third kappa shape index (κ3) is 2.96. The maximum atomic E-state index is 11.5. The average Bonchev–Trinajstić information content (AvgIpc) is 2.57. The second kappa shape index (κ2) is 6.56. The molecule has 0 aromatic heterocycles. The zero-order chi connectivity index (χ0) is 17.3. The molecule has 0 radical (unpaired) electrons. The minimum atomic E-state index is -0.415. The van der Waals surface area contributed by atoms with Gasteiger partial charge in [0.1, 0.15) is 17.6 Å². The van der Waals surface area contributed by atoms with E-state index in [2.05, 4.69) is 13.8 Å². The Bertz CT molecular complexity index is 739. The Labute approximate surface area is 142 Å². The van der Waals surface area contributed by atoms with Gasteiger partial charge in [0.15, 0.2) is 0 Å². The van der Waals surface area contributed by atoms with Crippen molar-refractivity contribution in [2.75, 3.05) is 0 Å². The van der Waals surface area contributed by atoms with Crippen LogP contribution in [0.5, 0.6) is 11.5 Å². The highest BCUT2D eigenvalue weighted by Gasteiger charge is 2.36. The van der Waals surface area contributed by atoms with E-state index >= 15 is 0 Å². The summed E-state index contributed by atoms with van der Waals surface area (Å²) in [5.41, 5.74) is 8.06. The van der Waals surface area contributed by atoms with Gasteiger partial charge >= 0.3 is 0 Å². The average molecular weight is 325 g/mol. The molecule has 3 unspecified atom stereocenters. The van der Waals surface area contributed by atoms with E-state index in [1.165, 1.54) is 0 Å². The summed E-state index contributed by atoms with van der Waals surface area (Å²) in [5.74, 6) is 1.21. The van der Waals surface area contributed by atoms with E-state index in [0.717, 1.165) is 29.7 Å². The zero-order valence-electron chi connectivity index (χ0n) is 14.0. The summed E-state index contributed by atoms with van der Waals surface area (Å²) < 4.78 is 6.25. The van der Waals surface area contributed by atoms with Crippen LogP contribution in [0.25, 0.3) is 0 Å². The number of aromatic hydroxyl groups is 1. The summed E-state index contributed by atoms with van der Waals surface area (Å²) in [6.45, 7) is 4.34. The van der Waals surface area contributed by atoms with E-state index < -0.39 is 5.91 Å². The molecule has 0 fully saturated rings. The fourth-order valence-corrected chi connectivity index (χ4v) is 3.60. The largest absolute Gasteiger partial charge is 0.508 e. The van der Waals surface area contributed by atoms with E-state index in [0.29, 0.717) is 11.5 Å². The number of phenols is 1. The van der Waals surface area contributed by atoms with Crippen molar-refractivity contribution >= 4 is 5.91 Å². The topological polar surface area (TPSA) is 72.6 Å². The SMILES string of the molecule is CCCC1c2cc(C(N)=O)ccc2OC(c2ccc(O)cc2)C1C. The first-order valence-corrected chi connectivity index (χ1v) is 8.40. The van der Waals surface area contributed by atoms with E-state index in [-0.39, 0.29) is 17.8 Å². The van der Waals surface area contributed by atoms with E-state index in [1.54, 1.807) is 18.2 Å². The highest BCUT2D eigenvalue weighted by atomic mass is 16.5. The molecule has 2 aromatic rings. The van der Waals surface area contributed by atoms with Crippen LogP contribution in [-0.4, -0.2) is 11.0 Å². The van der Waals surface area contributed by atoms with Gasteiger partial charge in [0.2, 0.25) is 5.91 Å². The number of carbonyl (C=O) groups is 1. The number of nitrogens with two attached hydrogens (primary N) is 1. The number of amides is 1. The summed E-state index contributed by atoms with van der Waals surface area (Å²) in [4.78, 5) is 11.5. The van der Waals surface area contributed by atoms with Gasteiger partial charge < -0.3 is 15.6 Å². The van der Waals surface area contributed by atoms with Gasteiger partial charge in [-0.25, -0.2) is 0 Å². The van der Waals surface area contributed by atoms with Gasteiger partial charge in [-0.1, -0.05) is 32.4 Å². The van der Waals surface area contributed by atoms with Gasteiger partial charge in [0.05, 0.1) is 0 Å². The number of ether oxygens (including phenoxy) is 1. The molecule has 0 spiro atoms. The molecule has 0 bridgehead atoms. The molecule has 0 aliphatic carbocycles. The van der Waals surface area contributed by atoms with E-state index in [4.69, 9.17) is 10.5 Å². The summed E-state index contributed by atoms with van der Waals surface area (Å²) in [7, 11) is 0. The lowest BCUT2D eigenvalue weighted by Crippen LogP contribution is -2.28. The number of hydrogen-bond acceptors (Lipinski definition) is 3. The molecule has 3 rings (SSSR count). The van der Waals surface area contributed by atoms with Gasteiger partial charge in [-0.05, 0) is 53.8 Å². The third-order valence-electron chi connectivity index (χ3n) is 4.88. The molecule has 4 heteroatoms. The van der Waals surface area contributed by atoms with E-state index in [1.807, 2.05) is 24.3 Å². The Hall–Kier alpha value is -2.49. The minimum absolute atomic E-state index is 0.0749. The number of carbonyl (C=O) groups excluding carboxylic acids is 1. The number of phenolic OH excluding ortho intramolecular Hbond substituents is 1. The number of rotatable bonds is 4. The highest BCUT2D eigenvalue weighted by Crippen LogP contribution is 2.48. The Morgan fingerprint density at radius 1 is 1.21 bits per heavy atom. The Balaban J connectivity index is 2.02. The molecule has 1 aliphatic rings. The van der Waals surface area contributed by atoms with Crippen LogP contribution in [0, 0.1) is 5.92 Å². The lowest BCUT2D eigenvalue weighted by Gasteiger charge is -2.38. The van der Waals surface area contributed by atoms with Crippen LogP contribution in [0.2, 0.25) is 0 Å². The molecule has 1 aliphatic heterocycles. The van der Waals surface area contributed by atoms with Crippen LogP contribution in [-0.2, 0) is 0 Å². The minimum Gasteiger partial charge on any atom is -0.508 e. The normalized spacial score (nSPS) is 22.5. The van der Waals surface area contributed by atoms with Gasteiger partial charge in [0.25, 0.3) is 0 Å². The Morgan fingerprint density at radius 3 is 2.54 bits per heavy atom. The van der Waals surface area contributed by atoms with Crippen molar-refractivity contribution in [3.8, 4) is 11.5 Å². The number of hydrogen-bond donors (Lipinski definition) is 2. The first-order chi connectivity index (χ1) is 11.5. The van der Waals surface area contributed by atoms with Gasteiger partial charge in [-0.2, -0.15) is 0 Å². The van der Waals surface area contributed by atoms with Crippen LogP contribution < -0.4 is 10.5 Å². The summed E-state index contributed by atoms with van der Waals surface area (Å²) in [6, 6.07) is 12.6. The molecule has 126 valence electrons. The van der Waals surface area contributed by atoms with E-state index in [9.17, 15) is 9.90 Å². The standard InChI is InChI=1S/C20H23NO3/c1-3-4-16-12(2)19(13-5-8-15(22)9-6-13)24-18-10-7-14(20(21)23)11-17(16)18/h5-12,16,19,22H,3-4H2,1-2H3,(H2,21,23). The second-order valence-corrected chi connectivity index (χ2v) is 6.50. The smallest absolute Gasteiger partial charge is 0.248 e. The van der Waals surface area contributed by atoms with Crippen LogP contribution in [0.1, 0.15) is 60.2 Å². The second-order valence-electron chi connectivity index (χ2n) is 6.50. The Kier molecular flexibility index (Phi) is 4.47. The molecule has 24 heavy (non-hydrogen) atoms. The fourth-order valence-electron chi connectivity index (χ4n) is 3.60. The molecule has 2 aromatic carbocycles. The molecule has 0 saturated carbocycles. The van der Waals surface area contributed by atoms with Crippen molar-refractivity contribution in [1.29, 1.82) is 0 Å². The molecule has 0 saturated heterocycles. The first kappa shape index (κ1) is 16.4. The van der Waals surface area contributed by atoms with Crippen molar-refractivity contribution in [2.24, 2.45) is 11.7 Å². The molecular formula is C20H23NO3. The van der Waals surface area contributed by atoms with Crippen LogP contribution in [0.15, 0.2) is 42.5 Å². The van der Waals surface area contributed by atoms with Gasteiger partial charge in [-0.3, -0.25) is 4.79 Å². The van der Waals surface area contributed by atoms with Gasteiger partial charge in [0, 0.05) is 11.5 Å². The number of primary amides is 1. The molecule has 1 amide bonds. The van der Waals surface area contributed by atoms with Gasteiger partial charge in [-0.15, -0.1) is 0 Å². The number of benzene rings is 2. The van der Waals surface area contributed by atoms with Crippen LogP contribution in [0.3, 0.4) is 0 Å². The number of fused-ring (bicyclic) bond motifs is 1. The van der Waals surface area contributed by atoms with Crippen molar-refractivity contribution in [3.63, 3.8) is 0 Å². The summed E-state index contributed by atoms with van der Waals surface area (Å²) in [6.07, 6.45) is 2.00. The Morgan fingerprint density at radius 2 is 1.92 bits per heavy atom. The maximum Gasteiger partial charge on any atom is 0.248 e. The monoisotopic (exact) mass is 325 g/mol. The van der Waals surface area contributed by atoms with Crippen molar-refractivity contribution in [2.45, 2.75) is 38.7 Å². The molecule has 1 heterocycles. The van der Waals surface area contributed by atoms with Crippen molar-refractivity contribution in [3.05, 3.63) is 59.2 Å². The summed E-state index contributed by atoms with van der Waals surface area (Å²) >= 11 is 0. The lowest BCUT2D eigenvalue weighted by molar-refractivity contribution is 0.0973. The fraction of sp³-hybridized carbons (Fsp3) is 0.350. The van der Waals surface area contributed by atoms with Crippen molar-refractivity contribution in [1.82, 2.24) is 0 Å². The zero-order valence-corrected chi connectivity index (χ0v) is 14.0. The predicted molar refractivity (Wildman–Crippen MR) is 93.2 cm³/mol. The molecular weight excluding hydrogens is 302 g/mol. The third-order valence-corrected chi connectivity index (χ3v) is 4.88. The van der Waals surface area contributed by atoms with Crippen molar-refractivity contribution < 1.29 is 14.6 Å². The summed E-state index contributed by atoms with van der Waals surface area (Å²) in [5, 5.41) is 9.51. The lowest BCUT2D eigenvalue weighted by atomic mass is 9.76. The molecule has 4 nitrogen and oxygen atoms in total. The first-order valence-electron chi connectivity index (χ1n) is 8.40. The maximum absolute atomic E-state index is 11.5. The van der Waals surface area contributed by atoms with Crippen LogP contribution >= 0.6 is 0 Å².